The molecule has 10 heteroatoms. The van der Waals surface area contributed by atoms with Crippen molar-refractivity contribution in [1.82, 2.24) is 0 Å². The molecule has 120 valence electrons. The van der Waals surface area contributed by atoms with E-state index in [0.29, 0.717) is 0 Å². The second kappa shape index (κ2) is 8.56. The Morgan fingerprint density at radius 3 is 1.40 bits per heavy atom. The highest BCUT2D eigenvalue weighted by atomic mass is 16.4. The van der Waals surface area contributed by atoms with Gasteiger partial charge in [-0.3, -0.25) is 4.79 Å². The number of rotatable bonds is 9. The van der Waals surface area contributed by atoms with Gasteiger partial charge in [0.05, 0.1) is 13.2 Å². The molecule has 0 saturated heterocycles. The van der Waals surface area contributed by atoms with Crippen molar-refractivity contribution >= 4 is 5.78 Å². The minimum atomic E-state index is -2.39. The van der Waals surface area contributed by atoms with Gasteiger partial charge in [0.15, 0.2) is 5.78 Å². The SMILES string of the molecule is O=C([C@@H](O)[C@H](O)[C@H](O)[C@@H](O)CO)[C@@H](O)[C@@H](O)[C@H](O)CO. The molecule has 0 fully saturated rings. The van der Waals surface area contributed by atoms with Gasteiger partial charge in [-0.15, -0.1) is 0 Å². The van der Waals surface area contributed by atoms with Crippen molar-refractivity contribution in [3.05, 3.63) is 0 Å². The van der Waals surface area contributed by atoms with E-state index in [1.807, 2.05) is 0 Å². The van der Waals surface area contributed by atoms with Gasteiger partial charge in [-0.2, -0.15) is 0 Å². The van der Waals surface area contributed by atoms with Crippen LogP contribution in [0.4, 0.5) is 0 Å². The van der Waals surface area contributed by atoms with E-state index in [0.717, 1.165) is 0 Å². The van der Waals surface area contributed by atoms with Crippen LogP contribution < -0.4 is 0 Å². The Hall–Kier alpha value is -0.690. The third kappa shape index (κ3) is 4.70. The molecule has 9 N–H and O–H groups in total. The van der Waals surface area contributed by atoms with Crippen molar-refractivity contribution in [3.63, 3.8) is 0 Å². The van der Waals surface area contributed by atoms with Crippen LogP contribution in [0.5, 0.6) is 0 Å². The summed E-state index contributed by atoms with van der Waals surface area (Å²) in [6, 6.07) is 0. The zero-order valence-electron chi connectivity index (χ0n) is 10.4. The number of hydrogen-bond donors (Lipinski definition) is 9. The van der Waals surface area contributed by atoms with E-state index < -0.39 is 61.7 Å². The highest BCUT2D eigenvalue weighted by molar-refractivity contribution is 5.88. The fourth-order valence-electron chi connectivity index (χ4n) is 1.35. The van der Waals surface area contributed by atoms with E-state index in [1.165, 1.54) is 0 Å². The van der Waals surface area contributed by atoms with Crippen molar-refractivity contribution in [2.75, 3.05) is 13.2 Å². The maximum Gasteiger partial charge on any atom is 0.195 e. The molecule has 0 unspecified atom stereocenters. The van der Waals surface area contributed by atoms with Crippen molar-refractivity contribution in [2.45, 2.75) is 42.7 Å². The molecule has 0 aromatic heterocycles. The molecule has 0 aromatic carbocycles. The monoisotopic (exact) mass is 300 g/mol. The van der Waals surface area contributed by atoms with Crippen molar-refractivity contribution in [1.29, 1.82) is 0 Å². The Kier molecular flexibility index (Phi) is 8.27. The number of aliphatic hydroxyl groups is 9. The molecule has 0 rings (SSSR count). The van der Waals surface area contributed by atoms with Crippen LogP contribution in [0, 0.1) is 0 Å². The zero-order valence-corrected chi connectivity index (χ0v) is 10.4. The van der Waals surface area contributed by atoms with Gasteiger partial charge < -0.3 is 46.0 Å². The summed E-state index contributed by atoms with van der Waals surface area (Å²) in [6.45, 7) is -1.91. The van der Waals surface area contributed by atoms with Gasteiger partial charge in [0.25, 0.3) is 0 Å². The first-order valence-electron chi connectivity index (χ1n) is 5.70. The number of carbonyl (C=O) groups excluding carboxylic acids is 1. The topological polar surface area (TPSA) is 199 Å². The van der Waals surface area contributed by atoms with Crippen LogP contribution in [0.25, 0.3) is 0 Å². The van der Waals surface area contributed by atoms with Crippen LogP contribution in [0.1, 0.15) is 0 Å². The van der Waals surface area contributed by atoms with Gasteiger partial charge in [-0.05, 0) is 0 Å². The lowest BCUT2D eigenvalue weighted by molar-refractivity contribution is -0.163. The van der Waals surface area contributed by atoms with E-state index >= 15 is 0 Å². The lowest BCUT2D eigenvalue weighted by Gasteiger charge is -2.28. The number of hydrogen-bond acceptors (Lipinski definition) is 10. The molecule has 0 aliphatic rings. The molecule has 20 heavy (non-hydrogen) atoms. The average molecular weight is 300 g/mol. The summed E-state index contributed by atoms with van der Waals surface area (Å²) < 4.78 is 0. The largest absolute Gasteiger partial charge is 0.394 e. The molecule has 7 atom stereocenters. The molecular weight excluding hydrogens is 280 g/mol. The lowest BCUT2D eigenvalue weighted by atomic mass is 9.94. The quantitative estimate of drug-likeness (QED) is 0.197. The molecule has 0 aliphatic carbocycles. The van der Waals surface area contributed by atoms with Gasteiger partial charge in [-0.25, -0.2) is 0 Å². The van der Waals surface area contributed by atoms with Crippen LogP contribution in [0.2, 0.25) is 0 Å². The van der Waals surface area contributed by atoms with Gasteiger partial charge in [0.1, 0.15) is 42.7 Å². The maximum atomic E-state index is 11.5. The second-order valence-electron chi connectivity index (χ2n) is 4.26. The fourth-order valence-corrected chi connectivity index (χ4v) is 1.35. The molecule has 0 amide bonds. The smallest absolute Gasteiger partial charge is 0.195 e. The number of carbonyl (C=O) groups is 1. The molecule has 0 radical (unpaired) electrons. The molecule has 0 heterocycles. The van der Waals surface area contributed by atoms with E-state index in [-0.39, 0.29) is 0 Å². The predicted octanol–water partition coefficient (Wildman–Crippen LogP) is -5.93. The molecule has 10 nitrogen and oxygen atoms in total. The van der Waals surface area contributed by atoms with Crippen LogP contribution >= 0.6 is 0 Å². The molecule has 0 spiro atoms. The van der Waals surface area contributed by atoms with E-state index in [1.54, 1.807) is 0 Å². The summed E-state index contributed by atoms with van der Waals surface area (Å²) in [5.41, 5.74) is 0. The Morgan fingerprint density at radius 1 is 0.650 bits per heavy atom. The summed E-state index contributed by atoms with van der Waals surface area (Å²) >= 11 is 0. The maximum absolute atomic E-state index is 11.5. The predicted molar refractivity (Wildman–Crippen MR) is 61.2 cm³/mol. The Labute approximate surface area is 113 Å². The van der Waals surface area contributed by atoms with Gasteiger partial charge in [0.2, 0.25) is 0 Å². The molecule has 0 aliphatic heterocycles. The van der Waals surface area contributed by atoms with Crippen LogP contribution in [-0.4, -0.2) is 108 Å². The standard InChI is InChI=1S/C10H20O10/c11-1-3(13)5(15)7(17)9(19)10(20)8(18)6(16)4(14)2-12/h3-9,11-19H,1-2H2/t3-,4+,5+,6-,7+,8-,9-/m0/s1. The van der Waals surface area contributed by atoms with Gasteiger partial charge >= 0.3 is 0 Å². The number of Topliss-reactive ketones (excluding diaryl/α,β-unsaturated/α-hetero) is 1. The minimum absolute atomic E-state index is 0.951. The Balaban J connectivity index is 4.76. The van der Waals surface area contributed by atoms with Crippen molar-refractivity contribution in [2.24, 2.45) is 0 Å². The summed E-state index contributed by atoms with van der Waals surface area (Å²) in [4.78, 5) is 11.5. The lowest BCUT2D eigenvalue weighted by Crippen LogP contribution is -2.54. The first-order chi connectivity index (χ1) is 9.18. The highest BCUT2D eigenvalue weighted by Crippen LogP contribution is 2.10. The van der Waals surface area contributed by atoms with Crippen LogP contribution in [-0.2, 0) is 4.79 Å². The Morgan fingerprint density at radius 2 is 1.00 bits per heavy atom. The van der Waals surface area contributed by atoms with Crippen LogP contribution in [0.15, 0.2) is 0 Å². The van der Waals surface area contributed by atoms with Crippen molar-refractivity contribution in [3.8, 4) is 0 Å². The highest BCUT2D eigenvalue weighted by Gasteiger charge is 2.40. The third-order valence-electron chi connectivity index (χ3n) is 2.74. The summed E-state index contributed by atoms with van der Waals surface area (Å²) in [5, 5.41) is 81.8. The molecule has 0 saturated carbocycles. The number of aliphatic hydroxyl groups excluding tert-OH is 9. The summed E-state index contributed by atoms with van der Waals surface area (Å²) in [6.07, 6.45) is -14.8. The third-order valence-corrected chi connectivity index (χ3v) is 2.74. The minimum Gasteiger partial charge on any atom is -0.394 e. The van der Waals surface area contributed by atoms with Crippen LogP contribution in [0.3, 0.4) is 0 Å². The first-order valence-corrected chi connectivity index (χ1v) is 5.70. The summed E-state index contributed by atoms with van der Waals surface area (Å²) in [5.74, 6) is -1.54. The summed E-state index contributed by atoms with van der Waals surface area (Å²) in [7, 11) is 0. The normalized spacial score (nSPS) is 22.4. The fraction of sp³-hybridized carbons (Fsp3) is 0.900. The van der Waals surface area contributed by atoms with Gasteiger partial charge in [0, 0.05) is 0 Å². The number of ketones is 1. The second-order valence-corrected chi connectivity index (χ2v) is 4.26. The average Bonchev–Trinajstić information content (AvgIpc) is 2.48. The molecule has 0 aromatic rings. The zero-order chi connectivity index (χ0) is 16.0. The van der Waals surface area contributed by atoms with E-state index in [9.17, 15) is 30.3 Å². The first kappa shape index (κ1) is 19.3. The molecular formula is C10H20O10. The van der Waals surface area contributed by atoms with E-state index in [4.69, 9.17) is 20.4 Å². The van der Waals surface area contributed by atoms with Gasteiger partial charge in [-0.1, -0.05) is 0 Å². The molecule has 0 bridgehead atoms. The van der Waals surface area contributed by atoms with E-state index in [2.05, 4.69) is 0 Å². The van der Waals surface area contributed by atoms with Crippen molar-refractivity contribution < 1.29 is 50.8 Å². The Bertz CT molecular complexity index is 298.